The second-order valence-electron chi connectivity index (χ2n) is 5.21. The van der Waals surface area contributed by atoms with Gasteiger partial charge in [-0.25, -0.2) is 0 Å². The summed E-state index contributed by atoms with van der Waals surface area (Å²) in [4.78, 5) is 16.1. The number of nitrogens with zero attached hydrogens (tertiary/aromatic N) is 1. The first-order chi connectivity index (χ1) is 10.6. The lowest BCUT2D eigenvalue weighted by molar-refractivity contribution is 0.0954. The van der Waals surface area contributed by atoms with Crippen molar-refractivity contribution in [3.63, 3.8) is 0 Å². The first kappa shape index (κ1) is 16.9. The van der Waals surface area contributed by atoms with Crippen LogP contribution in [-0.4, -0.2) is 38.5 Å². The molecule has 0 aliphatic heterocycles. The standard InChI is InChI=1S/C15H20Cl2N4O/c1-18-15(21-9-10-2-3-10)20-7-6-19-14(22)11-4-5-12(16)13(17)8-11/h4-5,8,10H,2-3,6-7,9H2,1H3,(H,19,22)(H2,18,20,21). The molecule has 1 amide bonds. The molecule has 0 aromatic heterocycles. The number of benzene rings is 1. The summed E-state index contributed by atoms with van der Waals surface area (Å²) in [7, 11) is 1.73. The van der Waals surface area contributed by atoms with Gasteiger partial charge in [0.2, 0.25) is 0 Å². The number of hydrogen-bond acceptors (Lipinski definition) is 2. The Morgan fingerprint density at radius 1 is 1.18 bits per heavy atom. The first-order valence-electron chi connectivity index (χ1n) is 7.28. The molecule has 0 bridgehead atoms. The lowest BCUT2D eigenvalue weighted by Gasteiger charge is -2.12. The van der Waals surface area contributed by atoms with Gasteiger partial charge in [-0.3, -0.25) is 9.79 Å². The summed E-state index contributed by atoms with van der Waals surface area (Å²) in [5, 5.41) is 10.0. The monoisotopic (exact) mass is 342 g/mol. The fraction of sp³-hybridized carbons (Fsp3) is 0.467. The zero-order valence-electron chi connectivity index (χ0n) is 12.5. The van der Waals surface area contributed by atoms with Gasteiger partial charge >= 0.3 is 0 Å². The molecular weight excluding hydrogens is 323 g/mol. The molecular formula is C15H20Cl2N4O. The molecule has 2 rings (SSSR count). The van der Waals surface area contributed by atoms with Crippen molar-refractivity contribution in [2.75, 3.05) is 26.7 Å². The largest absolute Gasteiger partial charge is 0.356 e. The SMILES string of the molecule is CN=C(NCCNC(=O)c1ccc(Cl)c(Cl)c1)NCC1CC1. The van der Waals surface area contributed by atoms with E-state index in [-0.39, 0.29) is 5.91 Å². The van der Waals surface area contributed by atoms with Crippen molar-refractivity contribution in [1.82, 2.24) is 16.0 Å². The van der Waals surface area contributed by atoms with E-state index in [9.17, 15) is 4.79 Å². The molecule has 1 aliphatic rings. The average molecular weight is 343 g/mol. The lowest BCUT2D eigenvalue weighted by atomic mass is 10.2. The minimum absolute atomic E-state index is 0.179. The molecule has 0 radical (unpaired) electrons. The maximum absolute atomic E-state index is 12.0. The quantitative estimate of drug-likeness (QED) is 0.422. The Morgan fingerprint density at radius 3 is 2.55 bits per heavy atom. The summed E-state index contributed by atoms with van der Waals surface area (Å²) < 4.78 is 0. The third-order valence-corrected chi connectivity index (χ3v) is 4.10. The van der Waals surface area contributed by atoms with E-state index in [0.29, 0.717) is 28.7 Å². The highest BCUT2D eigenvalue weighted by atomic mass is 35.5. The van der Waals surface area contributed by atoms with Crippen molar-refractivity contribution >= 4 is 35.1 Å². The predicted molar refractivity (Wildman–Crippen MR) is 90.9 cm³/mol. The second kappa shape index (κ2) is 8.25. The molecule has 1 aliphatic carbocycles. The van der Waals surface area contributed by atoms with Crippen molar-refractivity contribution in [3.8, 4) is 0 Å². The molecule has 1 aromatic rings. The van der Waals surface area contributed by atoms with Crippen molar-refractivity contribution < 1.29 is 4.79 Å². The molecule has 1 fully saturated rings. The number of amides is 1. The molecule has 0 saturated heterocycles. The highest BCUT2D eigenvalue weighted by Gasteiger charge is 2.20. The van der Waals surface area contributed by atoms with Crippen LogP contribution >= 0.6 is 23.2 Å². The van der Waals surface area contributed by atoms with Crippen molar-refractivity contribution in [1.29, 1.82) is 0 Å². The summed E-state index contributed by atoms with van der Waals surface area (Å²) in [5.41, 5.74) is 0.491. The van der Waals surface area contributed by atoms with Gasteiger partial charge in [-0.15, -0.1) is 0 Å². The van der Waals surface area contributed by atoms with Crippen LogP contribution in [0.2, 0.25) is 10.0 Å². The van der Waals surface area contributed by atoms with Crippen LogP contribution in [0.5, 0.6) is 0 Å². The molecule has 0 heterocycles. The second-order valence-corrected chi connectivity index (χ2v) is 6.02. The van der Waals surface area contributed by atoms with Crippen LogP contribution in [0.15, 0.2) is 23.2 Å². The van der Waals surface area contributed by atoms with Crippen molar-refractivity contribution in [2.45, 2.75) is 12.8 Å². The highest BCUT2D eigenvalue weighted by molar-refractivity contribution is 6.42. The molecule has 5 nitrogen and oxygen atoms in total. The predicted octanol–water partition coefficient (Wildman–Crippen LogP) is 2.30. The van der Waals surface area contributed by atoms with Crippen LogP contribution in [0.25, 0.3) is 0 Å². The normalized spacial score (nSPS) is 14.6. The number of halogens is 2. The van der Waals surface area contributed by atoms with Gasteiger partial charge < -0.3 is 16.0 Å². The average Bonchev–Trinajstić information content (AvgIpc) is 3.33. The fourth-order valence-electron chi connectivity index (χ4n) is 1.88. The maximum atomic E-state index is 12.0. The molecule has 120 valence electrons. The highest BCUT2D eigenvalue weighted by Crippen LogP contribution is 2.27. The van der Waals surface area contributed by atoms with Gasteiger partial charge in [0.1, 0.15) is 0 Å². The Balaban J connectivity index is 1.68. The molecule has 22 heavy (non-hydrogen) atoms. The third kappa shape index (κ3) is 5.39. The van der Waals surface area contributed by atoms with E-state index in [1.807, 2.05) is 0 Å². The number of carbonyl (C=O) groups excluding carboxylic acids is 1. The Kier molecular flexibility index (Phi) is 6.34. The van der Waals surface area contributed by atoms with E-state index in [1.165, 1.54) is 12.8 Å². The van der Waals surface area contributed by atoms with E-state index in [1.54, 1.807) is 25.2 Å². The molecule has 0 unspecified atom stereocenters. The minimum atomic E-state index is -0.179. The summed E-state index contributed by atoms with van der Waals surface area (Å²) >= 11 is 11.7. The van der Waals surface area contributed by atoms with E-state index in [0.717, 1.165) is 18.4 Å². The molecule has 1 aromatic carbocycles. The third-order valence-electron chi connectivity index (χ3n) is 3.36. The Hall–Kier alpha value is -1.46. The smallest absolute Gasteiger partial charge is 0.251 e. The van der Waals surface area contributed by atoms with Crippen molar-refractivity contribution in [3.05, 3.63) is 33.8 Å². The first-order valence-corrected chi connectivity index (χ1v) is 8.03. The van der Waals surface area contributed by atoms with E-state index < -0.39 is 0 Å². The van der Waals surface area contributed by atoms with Gasteiger partial charge in [0.25, 0.3) is 5.91 Å². The van der Waals surface area contributed by atoms with Gasteiger partial charge in [-0.05, 0) is 37.0 Å². The van der Waals surface area contributed by atoms with E-state index >= 15 is 0 Å². The zero-order valence-corrected chi connectivity index (χ0v) is 14.0. The minimum Gasteiger partial charge on any atom is -0.356 e. The van der Waals surface area contributed by atoms with E-state index in [4.69, 9.17) is 23.2 Å². The Labute approximate surface area is 140 Å². The molecule has 7 heteroatoms. The molecule has 3 N–H and O–H groups in total. The number of guanidine groups is 1. The van der Waals surface area contributed by atoms with Gasteiger partial charge in [-0.2, -0.15) is 0 Å². The van der Waals surface area contributed by atoms with Crippen LogP contribution < -0.4 is 16.0 Å². The van der Waals surface area contributed by atoms with Crippen molar-refractivity contribution in [2.24, 2.45) is 10.9 Å². The van der Waals surface area contributed by atoms with E-state index in [2.05, 4.69) is 20.9 Å². The van der Waals surface area contributed by atoms with Gasteiger partial charge in [-0.1, -0.05) is 23.2 Å². The fourth-order valence-corrected chi connectivity index (χ4v) is 2.18. The Bertz CT molecular complexity index is 558. The number of hydrogen-bond donors (Lipinski definition) is 3. The maximum Gasteiger partial charge on any atom is 0.251 e. The topological polar surface area (TPSA) is 65.5 Å². The van der Waals surface area contributed by atoms with Gasteiger partial charge in [0, 0.05) is 32.2 Å². The van der Waals surface area contributed by atoms with Crippen LogP contribution in [0.4, 0.5) is 0 Å². The molecule has 1 saturated carbocycles. The zero-order chi connectivity index (χ0) is 15.9. The lowest BCUT2D eigenvalue weighted by Crippen LogP contribution is -2.42. The number of rotatable bonds is 6. The van der Waals surface area contributed by atoms with Gasteiger partial charge in [0.15, 0.2) is 5.96 Å². The van der Waals surface area contributed by atoms with Crippen LogP contribution in [0, 0.1) is 5.92 Å². The van der Waals surface area contributed by atoms with Crippen LogP contribution in [0.1, 0.15) is 23.2 Å². The summed E-state index contributed by atoms with van der Waals surface area (Å²) in [6, 6.07) is 4.82. The van der Waals surface area contributed by atoms with Crippen LogP contribution in [0.3, 0.4) is 0 Å². The van der Waals surface area contributed by atoms with Gasteiger partial charge in [0.05, 0.1) is 10.0 Å². The number of carbonyl (C=O) groups is 1. The summed E-state index contributed by atoms with van der Waals surface area (Å²) in [6.07, 6.45) is 2.59. The summed E-state index contributed by atoms with van der Waals surface area (Å²) in [6.45, 7) is 2.04. The number of nitrogens with one attached hydrogen (secondary N) is 3. The molecule has 0 spiro atoms. The number of aliphatic imine (C=N–C) groups is 1. The van der Waals surface area contributed by atoms with Crippen LogP contribution in [-0.2, 0) is 0 Å². The summed E-state index contributed by atoms with van der Waals surface area (Å²) in [5.74, 6) is 1.37. The molecule has 0 atom stereocenters. The Morgan fingerprint density at radius 2 is 1.91 bits per heavy atom.